The Kier molecular flexibility index (Phi) is 3.49. The van der Waals surface area contributed by atoms with Gasteiger partial charge in [-0.2, -0.15) is 18.3 Å². The molecule has 2 aromatic rings. The number of alkyl halides is 3. The molecule has 0 saturated heterocycles. The van der Waals surface area contributed by atoms with Gasteiger partial charge in [0.15, 0.2) is 0 Å². The van der Waals surface area contributed by atoms with Gasteiger partial charge in [-0.1, -0.05) is 0 Å². The molecule has 0 atom stereocenters. The number of halogens is 3. The number of carbonyl (C=O) groups is 2. The van der Waals surface area contributed by atoms with Crippen molar-refractivity contribution >= 4 is 12.0 Å². The number of hydrogen-bond acceptors (Lipinski definition) is 4. The highest BCUT2D eigenvalue weighted by Gasteiger charge is 2.69. The zero-order valence-corrected chi connectivity index (χ0v) is 13.7. The summed E-state index contributed by atoms with van der Waals surface area (Å²) in [4.78, 5) is 26.4. The minimum Gasteiger partial charge on any atom is -0.465 e. The van der Waals surface area contributed by atoms with E-state index in [1.54, 1.807) is 0 Å². The molecule has 11 heteroatoms. The Bertz CT molecular complexity index is 902. The summed E-state index contributed by atoms with van der Waals surface area (Å²) in [5.41, 5.74) is -1.31. The number of carboxylic acid groups (broad SMARTS) is 1. The second-order valence-electron chi connectivity index (χ2n) is 7.05. The molecule has 3 aliphatic rings. The number of nitrogens with zero attached hydrogens (tertiary/aromatic N) is 3. The number of carbonyl (C=O) groups excluding carboxylic acids is 1. The summed E-state index contributed by atoms with van der Waals surface area (Å²) in [6, 6.07) is 2.06. The molecule has 0 spiro atoms. The highest BCUT2D eigenvalue weighted by molar-refractivity contribution is 5.94. The van der Waals surface area contributed by atoms with Crippen LogP contribution in [0.15, 0.2) is 30.7 Å². The molecular formula is C16H14F3N5O3. The first kappa shape index (κ1) is 17.3. The number of rotatable bonds is 4. The highest BCUT2D eigenvalue weighted by Crippen LogP contribution is 2.60. The number of hydrogen-bond donors (Lipinski definition) is 3. The van der Waals surface area contributed by atoms with Crippen LogP contribution in [0.1, 0.15) is 35.3 Å². The smallest absolute Gasteiger partial charge is 0.433 e. The molecule has 0 aromatic carbocycles. The van der Waals surface area contributed by atoms with E-state index in [0.29, 0.717) is 19.3 Å². The summed E-state index contributed by atoms with van der Waals surface area (Å²) in [5, 5.41) is 18.1. The van der Waals surface area contributed by atoms with Crippen molar-refractivity contribution in [2.45, 2.75) is 36.5 Å². The topological polar surface area (TPSA) is 109 Å². The van der Waals surface area contributed by atoms with Crippen molar-refractivity contribution in [2.75, 3.05) is 0 Å². The van der Waals surface area contributed by atoms with Gasteiger partial charge in [-0.15, -0.1) is 0 Å². The van der Waals surface area contributed by atoms with E-state index in [1.165, 1.54) is 23.1 Å². The number of pyridine rings is 1. The standard InChI is InChI=1S/C16H14F3N5O3/c17-16(18,19)11-2-1-10(4-20-11)24-5-9(3-21-24)12(25)22-14-6-15(7-14,8-14)23-13(26)27/h1-5,23H,6-8H2,(H,22,25)(H,26,27). The van der Waals surface area contributed by atoms with E-state index in [-0.39, 0.29) is 17.2 Å². The summed E-state index contributed by atoms with van der Waals surface area (Å²) >= 11 is 0. The summed E-state index contributed by atoms with van der Waals surface area (Å²) in [6.07, 6.45) is -0.261. The normalized spacial score (nSPS) is 25.9. The lowest BCUT2D eigenvalue weighted by Gasteiger charge is -2.69. The monoisotopic (exact) mass is 381 g/mol. The first-order valence-corrected chi connectivity index (χ1v) is 8.02. The third-order valence-corrected chi connectivity index (χ3v) is 4.93. The Labute approximate surface area is 150 Å². The van der Waals surface area contributed by atoms with Crippen LogP contribution in [0.4, 0.5) is 18.0 Å². The van der Waals surface area contributed by atoms with Crippen molar-refractivity contribution in [2.24, 2.45) is 0 Å². The zero-order chi connectivity index (χ0) is 19.4. The van der Waals surface area contributed by atoms with Gasteiger partial charge in [0, 0.05) is 11.7 Å². The maximum atomic E-state index is 12.6. The Morgan fingerprint density at radius 3 is 2.33 bits per heavy atom. The average molecular weight is 381 g/mol. The van der Waals surface area contributed by atoms with Gasteiger partial charge >= 0.3 is 12.3 Å². The van der Waals surface area contributed by atoms with E-state index in [2.05, 4.69) is 20.7 Å². The highest BCUT2D eigenvalue weighted by atomic mass is 19.4. The van der Waals surface area contributed by atoms with E-state index in [9.17, 15) is 22.8 Å². The Morgan fingerprint density at radius 1 is 1.11 bits per heavy atom. The van der Waals surface area contributed by atoms with Crippen molar-refractivity contribution in [1.29, 1.82) is 0 Å². The lowest BCUT2D eigenvalue weighted by molar-refractivity contribution is -0.141. The van der Waals surface area contributed by atoms with Crippen molar-refractivity contribution in [3.63, 3.8) is 0 Å². The lowest BCUT2D eigenvalue weighted by Crippen LogP contribution is -2.83. The van der Waals surface area contributed by atoms with E-state index in [4.69, 9.17) is 5.11 Å². The molecule has 27 heavy (non-hydrogen) atoms. The molecule has 0 unspecified atom stereocenters. The summed E-state index contributed by atoms with van der Waals surface area (Å²) < 4.78 is 38.9. The molecule has 5 rings (SSSR count). The zero-order valence-electron chi connectivity index (χ0n) is 13.7. The van der Waals surface area contributed by atoms with Crippen LogP contribution in [0, 0.1) is 0 Å². The third kappa shape index (κ3) is 2.98. The lowest BCUT2D eigenvalue weighted by atomic mass is 9.44. The molecule has 142 valence electrons. The molecule has 3 aliphatic carbocycles. The van der Waals surface area contributed by atoms with Gasteiger partial charge in [0.05, 0.1) is 29.2 Å². The summed E-state index contributed by atoms with van der Waals surface area (Å²) in [6.45, 7) is 0. The average Bonchev–Trinajstić information content (AvgIpc) is 3.00. The van der Waals surface area contributed by atoms with Gasteiger partial charge in [0.1, 0.15) is 5.69 Å². The molecule has 0 aliphatic heterocycles. The van der Waals surface area contributed by atoms with Crippen LogP contribution in [-0.4, -0.2) is 42.9 Å². The maximum absolute atomic E-state index is 12.6. The minimum atomic E-state index is -4.52. The number of aromatic nitrogens is 3. The first-order chi connectivity index (χ1) is 12.6. The van der Waals surface area contributed by atoms with Crippen LogP contribution in [0.25, 0.3) is 5.69 Å². The quantitative estimate of drug-likeness (QED) is 0.750. The fraction of sp³-hybridized carbons (Fsp3) is 0.375. The minimum absolute atomic E-state index is 0.250. The molecular weight excluding hydrogens is 367 g/mol. The van der Waals surface area contributed by atoms with E-state index in [1.807, 2.05) is 0 Å². The molecule has 8 nitrogen and oxygen atoms in total. The van der Waals surface area contributed by atoms with Crippen LogP contribution in [0.2, 0.25) is 0 Å². The SMILES string of the molecule is O=C(O)NC12CC(NC(=O)c3cnn(-c4ccc(C(F)(F)F)nc4)c3)(C1)C2. The summed E-state index contributed by atoms with van der Waals surface area (Å²) in [5.74, 6) is -0.371. The number of amides is 2. The van der Waals surface area contributed by atoms with Gasteiger partial charge in [-0.05, 0) is 31.4 Å². The number of nitrogens with one attached hydrogen (secondary N) is 2. The molecule has 0 radical (unpaired) electrons. The predicted molar refractivity (Wildman–Crippen MR) is 84.3 cm³/mol. The van der Waals surface area contributed by atoms with E-state index in [0.717, 1.165) is 12.3 Å². The van der Waals surface area contributed by atoms with Gasteiger partial charge in [-0.25, -0.2) is 14.5 Å². The molecule has 2 aromatic heterocycles. The molecule has 2 heterocycles. The molecule has 2 amide bonds. The van der Waals surface area contributed by atoms with Gasteiger partial charge < -0.3 is 15.7 Å². The van der Waals surface area contributed by atoms with Crippen LogP contribution in [-0.2, 0) is 6.18 Å². The molecule has 3 saturated carbocycles. The second-order valence-corrected chi connectivity index (χ2v) is 7.05. The van der Waals surface area contributed by atoms with Crippen molar-refractivity contribution in [1.82, 2.24) is 25.4 Å². The second kappa shape index (κ2) is 5.44. The summed E-state index contributed by atoms with van der Waals surface area (Å²) in [7, 11) is 0. The van der Waals surface area contributed by atoms with E-state index >= 15 is 0 Å². The Balaban J connectivity index is 1.40. The fourth-order valence-electron chi connectivity index (χ4n) is 3.86. The predicted octanol–water partition coefficient (Wildman–Crippen LogP) is 1.96. The van der Waals surface area contributed by atoms with Crippen LogP contribution in [0.5, 0.6) is 0 Å². The van der Waals surface area contributed by atoms with Gasteiger partial charge in [-0.3, -0.25) is 4.79 Å². The fourth-order valence-corrected chi connectivity index (χ4v) is 3.86. The Hall–Kier alpha value is -3.11. The maximum Gasteiger partial charge on any atom is 0.433 e. The van der Waals surface area contributed by atoms with Crippen molar-refractivity contribution < 1.29 is 27.9 Å². The third-order valence-electron chi connectivity index (χ3n) is 4.93. The van der Waals surface area contributed by atoms with Gasteiger partial charge in [0.2, 0.25) is 0 Å². The first-order valence-electron chi connectivity index (χ1n) is 8.02. The Morgan fingerprint density at radius 2 is 1.78 bits per heavy atom. The van der Waals surface area contributed by atoms with Crippen molar-refractivity contribution in [3.05, 3.63) is 42.0 Å². The van der Waals surface area contributed by atoms with E-state index < -0.39 is 29.0 Å². The van der Waals surface area contributed by atoms with Crippen molar-refractivity contribution in [3.8, 4) is 5.69 Å². The van der Waals surface area contributed by atoms with Crippen LogP contribution >= 0.6 is 0 Å². The molecule has 3 N–H and O–H groups in total. The molecule has 2 bridgehead atoms. The van der Waals surface area contributed by atoms with Gasteiger partial charge in [0.25, 0.3) is 5.91 Å². The van der Waals surface area contributed by atoms with Crippen LogP contribution in [0.3, 0.4) is 0 Å². The largest absolute Gasteiger partial charge is 0.465 e. The molecule has 3 fully saturated rings. The van der Waals surface area contributed by atoms with Crippen LogP contribution < -0.4 is 10.6 Å².